The lowest BCUT2D eigenvalue weighted by molar-refractivity contribution is 0.305. The Hall–Kier alpha value is -1.92. The number of halogens is 1. The number of hydrogen-bond donors (Lipinski definition) is 1. The minimum absolute atomic E-state index is 0.232. The van der Waals surface area contributed by atoms with E-state index in [1.807, 2.05) is 11.8 Å². The van der Waals surface area contributed by atoms with Crippen molar-refractivity contribution in [1.29, 1.82) is 0 Å². The number of benzene rings is 2. The van der Waals surface area contributed by atoms with E-state index < -0.39 is 0 Å². The predicted molar refractivity (Wildman–Crippen MR) is 120 cm³/mol. The number of para-hydroxylation sites is 1. The molecule has 0 aromatic heterocycles. The molecule has 0 saturated carbocycles. The molecule has 0 amide bonds. The molecule has 2 aromatic carbocycles. The van der Waals surface area contributed by atoms with Gasteiger partial charge in [-0.1, -0.05) is 17.8 Å². The van der Waals surface area contributed by atoms with Crippen molar-refractivity contribution < 1.29 is 9.13 Å². The summed E-state index contributed by atoms with van der Waals surface area (Å²) in [7, 11) is 2.20. The molecule has 156 valence electrons. The highest BCUT2D eigenvalue weighted by Crippen LogP contribution is 2.47. The van der Waals surface area contributed by atoms with E-state index in [0.29, 0.717) is 6.61 Å². The number of unbranched alkanes of at least 4 members (excludes halogenated alkanes) is 1. The van der Waals surface area contributed by atoms with E-state index in [0.717, 1.165) is 25.1 Å². The van der Waals surface area contributed by atoms with Gasteiger partial charge in [-0.15, -0.1) is 0 Å². The fraction of sp³-hybridized carbons (Fsp3) is 0.478. The quantitative estimate of drug-likeness (QED) is 0.606. The molecule has 4 rings (SSSR count). The highest BCUT2D eigenvalue weighted by Gasteiger charge is 2.30. The molecule has 1 fully saturated rings. The molecule has 0 aliphatic carbocycles. The zero-order valence-corrected chi connectivity index (χ0v) is 17.9. The molecule has 2 heterocycles. The van der Waals surface area contributed by atoms with Crippen molar-refractivity contribution in [3.05, 3.63) is 48.3 Å². The van der Waals surface area contributed by atoms with Gasteiger partial charge in [-0.05, 0) is 75.0 Å². The molecule has 0 spiro atoms. The number of anilines is 2. The number of piperidine rings is 1. The molecule has 1 saturated heterocycles. The van der Waals surface area contributed by atoms with Crippen LogP contribution in [0.2, 0.25) is 0 Å². The molecule has 6 heteroatoms. The van der Waals surface area contributed by atoms with Gasteiger partial charge in [0, 0.05) is 25.0 Å². The number of nitrogens with zero attached hydrogens (tertiary/aromatic N) is 2. The van der Waals surface area contributed by atoms with Gasteiger partial charge in [0.1, 0.15) is 17.1 Å². The third kappa shape index (κ3) is 4.98. The maximum absolute atomic E-state index is 12.9. The second-order valence-electron chi connectivity index (χ2n) is 7.72. The van der Waals surface area contributed by atoms with E-state index in [1.54, 1.807) is 12.1 Å². The van der Waals surface area contributed by atoms with Crippen LogP contribution >= 0.6 is 11.8 Å². The summed E-state index contributed by atoms with van der Waals surface area (Å²) in [6.07, 6.45) is 5.95. The maximum Gasteiger partial charge on any atom is 0.132 e. The number of thioether (sulfide) groups is 1. The van der Waals surface area contributed by atoms with Gasteiger partial charge >= 0.3 is 0 Å². The highest BCUT2D eigenvalue weighted by atomic mass is 32.2. The molecular formula is C23H30FN3OS. The molecule has 2 aliphatic heterocycles. The van der Waals surface area contributed by atoms with Crippen LogP contribution in [0.4, 0.5) is 15.8 Å². The summed E-state index contributed by atoms with van der Waals surface area (Å²) in [5, 5.41) is 3.68. The molecule has 0 bridgehead atoms. The van der Waals surface area contributed by atoms with Crippen molar-refractivity contribution in [3.8, 4) is 5.75 Å². The Morgan fingerprint density at radius 2 is 1.86 bits per heavy atom. The van der Waals surface area contributed by atoms with Gasteiger partial charge in [-0.2, -0.15) is 0 Å². The zero-order chi connectivity index (χ0) is 20.1. The number of nitrogens with one attached hydrogen (secondary N) is 1. The standard InChI is InChI=1S/C23H30FN3OS/c1-26-22-20(27-15-4-2-5-16-27)8-7-9-21(22)29-23(26)25-14-3-6-17-28-19-12-10-18(24)11-13-19/h7-13,23,25H,2-6,14-17H2,1H3. The second-order valence-corrected chi connectivity index (χ2v) is 8.84. The Morgan fingerprint density at radius 1 is 1.07 bits per heavy atom. The van der Waals surface area contributed by atoms with Crippen LogP contribution in [0.3, 0.4) is 0 Å². The van der Waals surface area contributed by atoms with Crippen molar-refractivity contribution in [1.82, 2.24) is 5.32 Å². The number of fused-ring (bicyclic) bond motifs is 1. The van der Waals surface area contributed by atoms with Crippen LogP contribution in [0.25, 0.3) is 0 Å². The van der Waals surface area contributed by atoms with E-state index in [4.69, 9.17) is 4.74 Å². The SMILES string of the molecule is CN1c2c(cccc2N2CCCCC2)SC1NCCCCOc1ccc(F)cc1. The second kappa shape index (κ2) is 9.72. The first-order chi connectivity index (χ1) is 14.2. The molecule has 1 unspecified atom stereocenters. The molecule has 4 nitrogen and oxygen atoms in total. The van der Waals surface area contributed by atoms with Crippen LogP contribution in [0, 0.1) is 5.82 Å². The average molecular weight is 416 g/mol. The van der Waals surface area contributed by atoms with Crippen molar-refractivity contribution in [2.24, 2.45) is 0 Å². The van der Waals surface area contributed by atoms with Crippen LogP contribution in [-0.4, -0.2) is 38.8 Å². The fourth-order valence-corrected chi connectivity index (χ4v) is 5.24. The first-order valence-electron chi connectivity index (χ1n) is 10.6. The Kier molecular flexibility index (Phi) is 6.82. The third-order valence-electron chi connectivity index (χ3n) is 5.59. The highest BCUT2D eigenvalue weighted by molar-refractivity contribution is 8.00. The minimum Gasteiger partial charge on any atom is -0.494 e. The van der Waals surface area contributed by atoms with E-state index >= 15 is 0 Å². The summed E-state index contributed by atoms with van der Waals surface area (Å²) in [5.41, 5.74) is 3.03. The summed E-state index contributed by atoms with van der Waals surface area (Å²) in [6.45, 7) is 3.93. The van der Waals surface area contributed by atoms with Crippen molar-refractivity contribution in [3.63, 3.8) is 0 Å². The lowest BCUT2D eigenvalue weighted by Gasteiger charge is -2.32. The van der Waals surface area contributed by atoms with E-state index in [-0.39, 0.29) is 11.3 Å². The first-order valence-corrected chi connectivity index (χ1v) is 11.5. The average Bonchev–Trinajstić information content (AvgIpc) is 3.08. The minimum atomic E-state index is -0.232. The van der Waals surface area contributed by atoms with Crippen LogP contribution in [0.1, 0.15) is 32.1 Å². The molecular weight excluding hydrogens is 385 g/mol. The van der Waals surface area contributed by atoms with Gasteiger partial charge in [-0.25, -0.2) is 4.39 Å². The summed E-state index contributed by atoms with van der Waals surface area (Å²) in [4.78, 5) is 6.31. The normalized spacial score (nSPS) is 18.8. The molecule has 1 atom stereocenters. The van der Waals surface area contributed by atoms with E-state index in [1.165, 1.54) is 60.8 Å². The van der Waals surface area contributed by atoms with E-state index in [2.05, 4.69) is 40.4 Å². The summed E-state index contributed by atoms with van der Waals surface area (Å²) in [6, 6.07) is 12.9. The van der Waals surface area contributed by atoms with Crippen LogP contribution in [0.5, 0.6) is 5.75 Å². The van der Waals surface area contributed by atoms with Crippen molar-refractivity contribution >= 4 is 23.1 Å². The Bertz CT molecular complexity index is 795. The third-order valence-corrected chi connectivity index (χ3v) is 6.88. The first kappa shape index (κ1) is 20.4. The monoisotopic (exact) mass is 415 g/mol. The van der Waals surface area contributed by atoms with Crippen molar-refractivity contribution in [2.75, 3.05) is 43.1 Å². The van der Waals surface area contributed by atoms with Gasteiger partial charge in [0.25, 0.3) is 0 Å². The molecule has 29 heavy (non-hydrogen) atoms. The largest absolute Gasteiger partial charge is 0.494 e. The summed E-state index contributed by atoms with van der Waals surface area (Å²) >= 11 is 1.91. The zero-order valence-electron chi connectivity index (χ0n) is 17.1. The molecule has 0 radical (unpaired) electrons. The number of ether oxygens (including phenoxy) is 1. The van der Waals surface area contributed by atoms with Gasteiger partial charge in [-0.3, -0.25) is 5.32 Å². The number of rotatable bonds is 8. The summed E-state index contributed by atoms with van der Waals surface area (Å²) < 4.78 is 18.6. The van der Waals surface area contributed by atoms with Crippen molar-refractivity contribution in [2.45, 2.75) is 42.5 Å². The van der Waals surface area contributed by atoms with Crippen LogP contribution < -0.4 is 19.9 Å². The van der Waals surface area contributed by atoms with Gasteiger partial charge in [0.2, 0.25) is 0 Å². The maximum atomic E-state index is 12.9. The fourth-order valence-electron chi connectivity index (χ4n) is 4.02. The predicted octanol–water partition coefficient (Wildman–Crippen LogP) is 5.09. The smallest absolute Gasteiger partial charge is 0.132 e. The lowest BCUT2D eigenvalue weighted by atomic mass is 10.1. The van der Waals surface area contributed by atoms with Gasteiger partial charge in [0.05, 0.1) is 18.0 Å². The molecule has 2 aliphatic rings. The van der Waals surface area contributed by atoms with Gasteiger partial charge < -0.3 is 14.5 Å². The van der Waals surface area contributed by atoms with E-state index in [9.17, 15) is 4.39 Å². The summed E-state index contributed by atoms with van der Waals surface area (Å²) in [5.74, 6) is 0.496. The van der Waals surface area contributed by atoms with Gasteiger partial charge in [0.15, 0.2) is 0 Å². The molecule has 2 aromatic rings. The topological polar surface area (TPSA) is 27.7 Å². The molecule has 1 N–H and O–H groups in total. The lowest BCUT2D eigenvalue weighted by Crippen LogP contribution is -2.39. The van der Waals surface area contributed by atoms with Crippen LogP contribution in [-0.2, 0) is 0 Å². The number of hydrogen-bond acceptors (Lipinski definition) is 5. The Balaban J connectivity index is 1.23. The Morgan fingerprint density at radius 3 is 2.66 bits per heavy atom. The van der Waals surface area contributed by atoms with Crippen LogP contribution in [0.15, 0.2) is 47.4 Å². The Labute approximate surface area is 177 Å².